The van der Waals surface area contributed by atoms with Gasteiger partial charge in [-0.15, -0.1) is 0 Å². The number of anilines is 2. The second-order valence-corrected chi connectivity index (χ2v) is 6.72. The Morgan fingerprint density at radius 3 is 2.04 bits per heavy atom. The number of fused-ring (bicyclic) bond motifs is 1. The highest BCUT2D eigenvalue weighted by Crippen LogP contribution is 2.26. The van der Waals surface area contributed by atoms with Crippen LogP contribution in [0, 0.1) is 5.92 Å². The average Bonchev–Trinajstić information content (AvgIpc) is 2.63. The molecule has 0 bridgehead atoms. The first-order chi connectivity index (χ1) is 12.5. The van der Waals surface area contributed by atoms with Gasteiger partial charge < -0.3 is 10.6 Å². The monoisotopic (exact) mass is 366 g/mol. The molecule has 0 radical (unpaired) electrons. The molecule has 0 atom stereocenters. The van der Waals surface area contributed by atoms with Crippen molar-refractivity contribution in [3.8, 4) is 0 Å². The zero-order valence-electron chi connectivity index (χ0n) is 14.5. The lowest BCUT2D eigenvalue weighted by Gasteiger charge is -2.11. The van der Waals surface area contributed by atoms with Gasteiger partial charge in [0, 0.05) is 33.3 Å². The lowest BCUT2D eigenvalue weighted by molar-refractivity contribution is -0.118. The highest BCUT2D eigenvalue weighted by atomic mass is 35.5. The van der Waals surface area contributed by atoms with Crippen LogP contribution in [0.5, 0.6) is 0 Å². The molecule has 0 aromatic heterocycles. The summed E-state index contributed by atoms with van der Waals surface area (Å²) in [5, 5.41) is 7.95. The predicted molar refractivity (Wildman–Crippen MR) is 107 cm³/mol. The van der Waals surface area contributed by atoms with Crippen LogP contribution in [-0.4, -0.2) is 11.8 Å². The Morgan fingerprint density at radius 1 is 0.808 bits per heavy atom. The summed E-state index contributed by atoms with van der Waals surface area (Å²) in [7, 11) is 0. The maximum Gasteiger partial charge on any atom is 0.256 e. The van der Waals surface area contributed by atoms with E-state index in [2.05, 4.69) is 10.6 Å². The van der Waals surface area contributed by atoms with Gasteiger partial charge in [-0.1, -0.05) is 49.7 Å². The van der Waals surface area contributed by atoms with Crippen LogP contribution in [0.25, 0.3) is 10.8 Å². The second-order valence-electron chi connectivity index (χ2n) is 6.32. The Hall–Kier alpha value is -2.85. The summed E-state index contributed by atoms with van der Waals surface area (Å²) < 4.78 is 0. The van der Waals surface area contributed by atoms with E-state index in [1.165, 1.54) is 0 Å². The van der Waals surface area contributed by atoms with Crippen LogP contribution in [0.15, 0.2) is 60.7 Å². The molecule has 0 saturated heterocycles. The Kier molecular flexibility index (Phi) is 5.24. The van der Waals surface area contributed by atoms with Crippen LogP contribution >= 0.6 is 11.6 Å². The molecule has 5 heteroatoms. The third-order valence-electron chi connectivity index (χ3n) is 4.05. The number of hydrogen-bond donors (Lipinski definition) is 2. The summed E-state index contributed by atoms with van der Waals surface area (Å²) in [5.41, 5.74) is 1.90. The van der Waals surface area contributed by atoms with Crippen LogP contribution in [0.1, 0.15) is 24.2 Å². The highest BCUT2D eigenvalue weighted by Gasteiger charge is 2.12. The molecule has 3 aromatic carbocycles. The SMILES string of the molecule is CC(C)C(=O)Nc1ccc(NC(=O)c2cccc3c(Cl)cccc23)cc1. The van der Waals surface area contributed by atoms with Crippen LogP contribution in [-0.2, 0) is 4.79 Å². The molecule has 0 spiro atoms. The Labute approximate surface area is 157 Å². The van der Waals surface area contributed by atoms with Crippen molar-refractivity contribution in [3.63, 3.8) is 0 Å². The van der Waals surface area contributed by atoms with Crippen LogP contribution < -0.4 is 10.6 Å². The van der Waals surface area contributed by atoms with Gasteiger partial charge in [0.05, 0.1) is 0 Å². The Balaban J connectivity index is 1.79. The lowest BCUT2D eigenvalue weighted by Crippen LogP contribution is -2.17. The summed E-state index contributed by atoms with van der Waals surface area (Å²) in [5.74, 6) is -0.348. The maximum absolute atomic E-state index is 12.7. The van der Waals surface area contributed by atoms with Crippen molar-refractivity contribution in [2.24, 2.45) is 5.92 Å². The number of carbonyl (C=O) groups excluding carboxylic acids is 2. The molecule has 0 saturated carbocycles. The fraction of sp³-hybridized carbons (Fsp3) is 0.143. The number of carbonyl (C=O) groups is 2. The molecule has 0 fully saturated rings. The molecular weight excluding hydrogens is 348 g/mol. The predicted octanol–water partition coefficient (Wildman–Crippen LogP) is 5.34. The molecule has 0 unspecified atom stereocenters. The molecule has 0 aliphatic rings. The standard InChI is InChI=1S/C21H19ClN2O2/c1-13(2)20(25)23-14-9-11-15(12-10-14)24-21(26)18-7-3-6-17-16(18)5-4-8-19(17)22/h3-13H,1-2H3,(H,23,25)(H,24,26). The van der Waals surface area contributed by atoms with Crippen LogP contribution in [0.2, 0.25) is 5.02 Å². The van der Waals surface area contributed by atoms with Crippen molar-refractivity contribution in [1.82, 2.24) is 0 Å². The van der Waals surface area contributed by atoms with Gasteiger partial charge in [-0.25, -0.2) is 0 Å². The molecule has 0 aliphatic carbocycles. The molecule has 0 aliphatic heterocycles. The van der Waals surface area contributed by atoms with Gasteiger partial charge in [0.1, 0.15) is 0 Å². The first-order valence-corrected chi connectivity index (χ1v) is 8.73. The van der Waals surface area contributed by atoms with Gasteiger partial charge >= 0.3 is 0 Å². The van der Waals surface area contributed by atoms with E-state index in [9.17, 15) is 9.59 Å². The number of hydrogen-bond acceptors (Lipinski definition) is 2. The third kappa shape index (κ3) is 3.86. The van der Waals surface area contributed by atoms with Crippen molar-refractivity contribution in [1.29, 1.82) is 0 Å². The number of amides is 2. The van der Waals surface area contributed by atoms with Crippen molar-refractivity contribution >= 4 is 45.6 Å². The molecular formula is C21H19ClN2O2. The molecule has 2 amide bonds. The molecule has 132 valence electrons. The van der Waals surface area contributed by atoms with Crippen molar-refractivity contribution in [3.05, 3.63) is 71.2 Å². The number of nitrogens with one attached hydrogen (secondary N) is 2. The molecule has 0 heterocycles. The van der Waals surface area contributed by atoms with Crippen molar-refractivity contribution < 1.29 is 9.59 Å². The van der Waals surface area contributed by atoms with Crippen molar-refractivity contribution in [2.45, 2.75) is 13.8 Å². The van der Waals surface area contributed by atoms with Gasteiger partial charge in [-0.05, 0) is 41.8 Å². The fourth-order valence-corrected chi connectivity index (χ4v) is 2.83. The van der Waals surface area contributed by atoms with Crippen LogP contribution in [0.3, 0.4) is 0 Å². The minimum Gasteiger partial charge on any atom is -0.326 e. The minimum atomic E-state index is -0.211. The van der Waals surface area contributed by atoms with E-state index in [1.54, 1.807) is 36.4 Å². The van der Waals surface area contributed by atoms with Gasteiger partial charge in [-0.3, -0.25) is 9.59 Å². The van der Waals surface area contributed by atoms with E-state index in [0.717, 1.165) is 10.8 Å². The van der Waals surface area contributed by atoms with E-state index in [-0.39, 0.29) is 17.7 Å². The largest absolute Gasteiger partial charge is 0.326 e. The van der Waals surface area contributed by atoms with E-state index in [0.29, 0.717) is 22.0 Å². The van der Waals surface area contributed by atoms with Gasteiger partial charge in [0.25, 0.3) is 5.91 Å². The summed E-state index contributed by atoms with van der Waals surface area (Å²) in [6.45, 7) is 3.67. The minimum absolute atomic E-state index is 0.0468. The quantitative estimate of drug-likeness (QED) is 0.654. The molecule has 4 nitrogen and oxygen atoms in total. The Bertz CT molecular complexity index is 965. The van der Waals surface area contributed by atoms with Gasteiger partial charge in [-0.2, -0.15) is 0 Å². The normalized spacial score (nSPS) is 10.8. The topological polar surface area (TPSA) is 58.2 Å². The van der Waals surface area contributed by atoms with Gasteiger partial charge in [0.2, 0.25) is 5.91 Å². The summed E-state index contributed by atoms with van der Waals surface area (Å²) in [6, 6.07) is 18.0. The first kappa shape index (κ1) is 18.0. The number of benzene rings is 3. The lowest BCUT2D eigenvalue weighted by atomic mass is 10.0. The summed E-state index contributed by atoms with van der Waals surface area (Å²) in [6.07, 6.45) is 0. The average molecular weight is 367 g/mol. The van der Waals surface area contributed by atoms with E-state index >= 15 is 0 Å². The first-order valence-electron chi connectivity index (χ1n) is 8.35. The molecule has 2 N–H and O–H groups in total. The second kappa shape index (κ2) is 7.58. The Morgan fingerprint density at radius 2 is 1.38 bits per heavy atom. The van der Waals surface area contributed by atoms with Gasteiger partial charge in [0.15, 0.2) is 0 Å². The highest BCUT2D eigenvalue weighted by molar-refractivity contribution is 6.36. The maximum atomic E-state index is 12.7. The summed E-state index contributed by atoms with van der Waals surface area (Å²) in [4.78, 5) is 24.4. The molecule has 3 rings (SSSR count). The zero-order chi connectivity index (χ0) is 18.7. The molecule has 3 aromatic rings. The third-order valence-corrected chi connectivity index (χ3v) is 4.38. The summed E-state index contributed by atoms with van der Waals surface area (Å²) >= 11 is 6.21. The van der Waals surface area contributed by atoms with Crippen LogP contribution in [0.4, 0.5) is 11.4 Å². The number of halogens is 1. The zero-order valence-corrected chi connectivity index (χ0v) is 15.3. The smallest absolute Gasteiger partial charge is 0.256 e. The van der Waals surface area contributed by atoms with E-state index < -0.39 is 0 Å². The number of rotatable bonds is 4. The molecule has 26 heavy (non-hydrogen) atoms. The van der Waals surface area contributed by atoms with E-state index in [1.807, 2.05) is 38.1 Å². The fourth-order valence-electron chi connectivity index (χ4n) is 2.59. The van der Waals surface area contributed by atoms with E-state index in [4.69, 9.17) is 11.6 Å². The van der Waals surface area contributed by atoms with Crippen molar-refractivity contribution in [2.75, 3.05) is 10.6 Å².